The van der Waals surface area contributed by atoms with Crippen LogP contribution in [0.3, 0.4) is 0 Å². The van der Waals surface area contributed by atoms with Gasteiger partial charge in [-0.25, -0.2) is 4.98 Å². The van der Waals surface area contributed by atoms with Gasteiger partial charge in [-0.3, -0.25) is 4.79 Å². The zero-order valence-corrected chi connectivity index (χ0v) is 10.7. The number of morpholine rings is 1. The normalized spacial score (nSPS) is 15.7. The van der Waals surface area contributed by atoms with Crippen molar-refractivity contribution >= 4 is 28.9 Å². The van der Waals surface area contributed by atoms with E-state index in [2.05, 4.69) is 15.2 Å². The summed E-state index contributed by atoms with van der Waals surface area (Å²) in [4.78, 5) is 17.7. The predicted molar refractivity (Wildman–Crippen MR) is 72.0 cm³/mol. The van der Waals surface area contributed by atoms with Gasteiger partial charge in [0.15, 0.2) is 17.6 Å². The number of pyridine rings is 1. The van der Waals surface area contributed by atoms with Gasteiger partial charge in [0.1, 0.15) is 17.0 Å². The Kier molecular flexibility index (Phi) is 3.08. The zero-order chi connectivity index (χ0) is 13.2. The number of rotatable bonds is 3. The number of aldehydes is 1. The molecule has 1 saturated heterocycles. The number of carbonyl (C=O) groups is 1. The largest absolute Gasteiger partial charge is 0.449 e. The van der Waals surface area contributed by atoms with Crippen LogP contribution in [0.2, 0.25) is 0 Å². The van der Waals surface area contributed by atoms with Gasteiger partial charge in [-0.1, -0.05) is 0 Å². The minimum absolute atomic E-state index is 0.282. The molecule has 0 aliphatic carbocycles. The molecule has 1 N–H and O–H groups in total. The summed E-state index contributed by atoms with van der Waals surface area (Å²) >= 11 is 0. The topological polar surface area (TPSA) is 67.6 Å². The smallest absolute Gasteiger partial charge is 0.192 e. The Morgan fingerprint density at radius 2 is 2.16 bits per heavy atom. The van der Waals surface area contributed by atoms with Crippen LogP contribution in [0.1, 0.15) is 10.6 Å². The predicted octanol–water partition coefficient (Wildman–Crippen LogP) is 1.52. The molecule has 1 aliphatic rings. The molecule has 19 heavy (non-hydrogen) atoms. The number of hydrogen-bond donors (Lipinski definition) is 1. The highest BCUT2D eigenvalue weighted by atomic mass is 16.5. The van der Waals surface area contributed by atoms with Crippen molar-refractivity contribution in [1.29, 1.82) is 0 Å². The maximum absolute atomic E-state index is 11.0. The van der Waals surface area contributed by atoms with E-state index in [1.165, 1.54) is 0 Å². The Morgan fingerprint density at radius 3 is 2.84 bits per heavy atom. The minimum atomic E-state index is 0.282. The molecule has 0 radical (unpaired) electrons. The van der Waals surface area contributed by atoms with Crippen LogP contribution in [0.15, 0.2) is 16.5 Å². The van der Waals surface area contributed by atoms with Gasteiger partial charge in [-0.15, -0.1) is 0 Å². The number of furan rings is 1. The van der Waals surface area contributed by atoms with Crippen molar-refractivity contribution in [3.63, 3.8) is 0 Å². The van der Waals surface area contributed by atoms with Crippen LogP contribution < -0.4 is 10.2 Å². The molecule has 1 aliphatic heterocycles. The average Bonchev–Trinajstić information content (AvgIpc) is 2.84. The molecule has 0 bridgehead atoms. The molecular weight excluding hydrogens is 246 g/mol. The molecule has 0 atom stereocenters. The van der Waals surface area contributed by atoms with Gasteiger partial charge >= 0.3 is 0 Å². The van der Waals surface area contributed by atoms with E-state index in [-0.39, 0.29) is 5.76 Å². The molecule has 100 valence electrons. The maximum Gasteiger partial charge on any atom is 0.192 e. The molecule has 3 rings (SSSR count). The second-order valence-corrected chi connectivity index (χ2v) is 4.32. The number of aromatic nitrogens is 1. The highest BCUT2D eigenvalue weighted by molar-refractivity contribution is 5.97. The summed E-state index contributed by atoms with van der Waals surface area (Å²) < 4.78 is 10.8. The molecule has 0 unspecified atom stereocenters. The first kappa shape index (κ1) is 12.0. The van der Waals surface area contributed by atoms with Crippen molar-refractivity contribution in [3.05, 3.63) is 17.9 Å². The highest BCUT2D eigenvalue weighted by Crippen LogP contribution is 2.30. The summed E-state index contributed by atoms with van der Waals surface area (Å²) in [7, 11) is 1.75. The molecule has 0 spiro atoms. The molecule has 6 heteroatoms. The van der Waals surface area contributed by atoms with Crippen LogP contribution in [0.25, 0.3) is 11.1 Å². The lowest BCUT2D eigenvalue weighted by Gasteiger charge is -2.27. The molecule has 3 heterocycles. The number of nitrogens with one attached hydrogen (secondary N) is 1. The quantitative estimate of drug-likeness (QED) is 0.845. The van der Waals surface area contributed by atoms with E-state index in [0.29, 0.717) is 36.3 Å². The minimum Gasteiger partial charge on any atom is -0.449 e. The second kappa shape index (κ2) is 4.89. The van der Waals surface area contributed by atoms with E-state index in [1.54, 1.807) is 7.05 Å². The van der Waals surface area contributed by atoms with Gasteiger partial charge in [-0.2, -0.15) is 0 Å². The molecule has 0 amide bonds. The van der Waals surface area contributed by atoms with Crippen LogP contribution in [0.5, 0.6) is 0 Å². The van der Waals surface area contributed by atoms with Gasteiger partial charge in [-0.05, 0) is 12.1 Å². The summed E-state index contributed by atoms with van der Waals surface area (Å²) in [6, 6.07) is 3.76. The van der Waals surface area contributed by atoms with Crippen LogP contribution in [0, 0.1) is 0 Å². The van der Waals surface area contributed by atoms with Gasteiger partial charge < -0.3 is 19.4 Å². The Balaban J connectivity index is 2.05. The van der Waals surface area contributed by atoms with E-state index in [0.717, 1.165) is 18.9 Å². The van der Waals surface area contributed by atoms with Crippen molar-refractivity contribution in [2.24, 2.45) is 0 Å². The summed E-state index contributed by atoms with van der Waals surface area (Å²) in [6.45, 7) is 3.07. The fourth-order valence-electron chi connectivity index (χ4n) is 2.28. The highest BCUT2D eigenvalue weighted by Gasteiger charge is 2.17. The van der Waals surface area contributed by atoms with Crippen LogP contribution in [-0.4, -0.2) is 44.6 Å². The maximum atomic E-state index is 11.0. The first-order chi connectivity index (χ1) is 9.33. The monoisotopic (exact) mass is 261 g/mol. The zero-order valence-electron chi connectivity index (χ0n) is 10.7. The third kappa shape index (κ3) is 2.04. The van der Waals surface area contributed by atoms with Crippen LogP contribution in [0.4, 0.5) is 11.5 Å². The summed E-state index contributed by atoms with van der Waals surface area (Å²) in [5.74, 6) is 1.16. The Hall–Kier alpha value is -2.08. The van der Waals surface area contributed by atoms with E-state index in [4.69, 9.17) is 9.15 Å². The molecule has 1 fully saturated rings. The lowest BCUT2D eigenvalue weighted by Crippen LogP contribution is -2.36. The lowest BCUT2D eigenvalue weighted by atomic mass is 10.3. The lowest BCUT2D eigenvalue weighted by molar-refractivity contribution is 0.110. The molecule has 6 nitrogen and oxygen atoms in total. The molecule has 2 aromatic heterocycles. The van der Waals surface area contributed by atoms with Crippen molar-refractivity contribution < 1.29 is 13.9 Å². The number of ether oxygens (including phenoxy) is 1. The fourth-order valence-corrected chi connectivity index (χ4v) is 2.28. The molecule has 0 saturated carbocycles. The SMILES string of the molecule is CNc1c(C=O)oc2ccc(N3CCOCC3)nc12. The summed E-state index contributed by atoms with van der Waals surface area (Å²) in [5.41, 5.74) is 1.94. The van der Waals surface area contributed by atoms with Crippen molar-refractivity contribution in [2.75, 3.05) is 43.6 Å². The van der Waals surface area contributed by atoms with Crippen molar-refractivity contribution in [2.45, 2.75) is 0 Å². The fraction of sp³-hybridized carbons (Fsp3) is 0.385. The van der Waals surface area contributed by atoms with Crippen LogP contribution >= 0.6 is 0 Å². The van der Waals surface area contributed by atoms with Crippen LogP contribution in [-0.2, 0) is 4.74 Å². The third-order valence-electron chi connectivity index (χ3n) is 3.24. The van der Waals surface area contributed by atoms with E-state index >= 15 is 0 Å². The number of anilines is 2. The Morgan fingerprint density at radius 1 is 1.37 bits per heavy atom. The van der Waals surface area contributed by atoms with Gasteiger partial charge in [0, 0.05) is 20.1 Å². The number of hydrogen-bond acceptors (Lipinski definition) is 6. The van der Waals surface area contributed by atoms with Crippen molar-refractivity contribution in [3.8, 4) is 0 Å². The van der Waals surface area contributed by atoms with E-state index in [9.17, 15) is 4.79 Å². The molecule has 2 aromatic rings. The molecular formula is C13H15N3O3. The Labute approximate surface area is 110 Å². The van der Waals surface area contributed by atoms with Crippen molar-refractivity contribution in [1.82, 2.24) is 4.98 Å². The first-order valence-corrected chi connectivity index (χ1v) is 6.22. The van der Waals surface area contributed by atoms with E-state index in [1.807, 2.05) is 12.1 Å². The summed E-state index contributed by atoms with van der Waals surface area (Å²) in [6.07, 6.45) is 0.696. The third-order valence-corrected chi connectivity index (χ3v) is 3.24. The second-order valence-electron chi connectivity index (χ2n) is 4.32. The van der Waals surface area contributed by atoms with Gasteiger partial charge in [0.25, 0.3) is 0 Å². The number of nitrogens with zero attached hydrogens (tertiary/aromatic N) is 2. The van der Waals surface area contributed by atoms with E-state index < -0.39 is 0 Å². The first-order valence-electron chi connectivity index (χ1n) is 6.22. The van der Waals surface area contributed by atoms with Gasteiger partial charge in [0.2, 0.25) is 0 Å². The standard InChI is InChI=1S/C13H15N3O3/c1-14-12-10(8-17)19-9-2-3-11(15-13(9)12)16-4-6-18-7-5-16/h2-3,8,14H,4-7H2,1H3. The molecule has 0 aromatic carbocycles. The average molecular weight is 261 g/mol. The summed E-state index contributed by atoms with van der Waals surface area (Å²) in [5, 5.41) is 2.97. The number of carbonyl (C=O) groups excluding carboxylic acids is 1. The number of fused-ring (bicyclic) bond motifs is 1. The Bertz CT molecular complexity index is 602. The van der Waals surface area contributed by atoms with Gasteiger partial charge in [0.05, 0.1) is 13.2 Å².